The molecule has 1 heterocycles. The zero-order chi connectivity index (χ0) is 58.9. The van der Waals surface area contributed by atoms with Crippen molar-refractivity contribution >= 4 is 11.9 Å². The SMILES string of the molecule is CCCCC/C=C\C/C=C\C/C=C\CCCCCCCCCCCCCCCCC(=O)OC1C(OCC(NC(=O)C(O)CCCC/C=C\CCCCCCCCC)C(O)/C=C/CCCCCCCCCCCC)OC(CO)C(O)C1O. The zero-order valence-corrected chi connectivity index (χ0v) is 52.4. The molecule has 6 N–H and O–H groups in total. The molecule has 8 atom stereocenters. The van der Waals surface area contributed by atoms with Crippen molar-refractivity contribution in [1.82, 2.24) is 5.32 Å². The van der Waals surface area contributed by atoms with E-state index in [0.29, 0.717) is 12.8 Å². The van der Waals surface area contributed by atoms with Gasteiger partial charge in [-0.2, -0.15) is 0 Å². The van der Waals surface area contributed by atoms with E-state index in [0.717, 1.165) is 70.6 Å². The second kappa shape index (κ2) is 57.8. The Labute approximate surface area is 497 Å². The number of esters is 1. The first kappa shape index (κ1) is 76.4. The Morgan fingerprint density at radius 1 is 0.481 bits per heavy atom. The maximum Gasteiger partial charge on any atom is 0.306 e. The second-order valence-corrected chi connectivity index (χ2v) is 23.6. The summed E-state index contributed by atoms with van der Waals surface area (Å²) in [7, 11) is 0. The van der Waals surface area contributed by atoms with E-state index in [2.05, 4.69) is 74.7 Å². The molecule has 11 heteroatoms. The largest absolute Gasteiger partial charge is 0.454 e. The van der Waals surface area contributed by atoms with Gasteiger partial charge in [0.15, 0.2) is 12.4 Å². The van der Waals surface area contributed by atoms with Gasteiger partial charge in [0.1, 0.15) is 24.4 Å². The molecule has 1 rings (SSSR count). The number of carbonyl (C=O) groups is 2. The van der Waals surface area contributed by atoms with Crippen molar-refractivity contribution in [3.63, 3.8) is 0 Å². The van der Waals surface area contributed by atoms with Gasteiger partial charge in [-0.25, -0.2) is 0 Å². The summed E-state index contributed by atoms with van der Waals surface area (Å²) in [5.41, 5.74) is 0. The van der Waals surface area contributed by atoms with Crippen molar-refractivity contribution < 1.29 is 49.3 Å². The fourth-order valence-electron chi connectivity index (χ4n) is 10.5. The average molecular weight is 1140 g/mol. The third kappa shape index (κ3) is 45.4. The maximum absolute atomic E-state index is 13.4. The molecule has 1 fully saturated rings. The number of ether oxygens (including phenoxy) is 3. The Morgan fingerprint density at radius 2 is 0.852 bits per heavy atom. The van der Waals surface area contributed by atoms with Crippen LogP contribution >= 0.6 is 0 Å². The normalized spacial score (nSPS) is 19.0. The summed E-state index contributed by atoms with van der Waals surface area (Å²) < 4.78 is 17.7. The van der Waals surface area contributed by atoms with E-state index in [4.69, 9.17) is 14.2 Å². The van der Waals surface area contributed by atoms with Gasteiger partial charge >= 0.3 is 5.97 Å². The van der Waals surface area contributed by atoms with Crippen LogP contribution in [0.25, 0.3) is 0 Å². The molecule has 1 aliphatic rings. The molecule has 472 valence electrons. The molecule has 0 radical (unpaired) electrons. The Kier molecular flexibility index (Phi) is 54.5. The Morgan fingerprint density at radius 3 is 1.31 bits per heavy atom. The molecule has 1 aliphatic heterocycles. The highest BCUT2D eigenvalue weighted by atomic mass is 16.7. The number of unbranched alkanes of at least 4 members (excludes halogenated alkanes) is 36. The van der Waals surface area contributed by atoms with Crippen LogP contribution in [-0.2, 0) is 23.8 Å². The van der Waals surface area contributed by atoms with Crippen LogP contribution in [-0.4, -0.2) is 99.6 Å². The minimum atomic E-state index is -1.62. The number of hydrogen-bond acceptors (Lipinski definition) is 10. The number of hydrogen-bond donors (Lipinski definition) is 6. The molecule has 81 heavy (non-hydrogen) atoms. The smallest absolute Gasteiger partial charge is 0.306 e. The molecular weight excluding hydrogens is 1010 g/mol. The van der Waals surface area contributed by atoms with Crippen LogP contribution < -0.4 is 5.32 Å². The van der Waals surface area contributed by atoms with Crippen molar-refractivity contribution in [3.8, 4) is 0 Å². The molecule has 0 aromatic carbocycles. The summed E-state index contributed by atoms with van der Waals surface area (Å²) in [5, 5.41) is 57.0. The van der Waals surface area contributed by atoms with Crippen molar-refractivity contribution in [2.75, 3.05) is 13.2 Å². The third-order valence-corrected chi connectivity index (χ3v) is 15.9. The van der Waals surface area contributed by atoms with Crippen LogP contribution in [0.2, 0.25) is 0 Å². The highest BCUT2D eigenvalue weighted by Crippen LogP contribution is 2.26. The number of aliphatic hydroxyl groups excluding tert-OH is 5. The molecule has 0 aromatic heterocycles. The maximum atomic E-state index is 13.4. The lowest BCUT2D eigenvalue weighted by Crippen LogP contribution is -2.61. The van der Waals surface area contributed by atoms with Gasteiger partial charge < -0.3 is 45.1 Å². The molecule has 0 spiro atoms. The monoisotopic (exact) mass is 1140 g/mol. The van der Waals surface area contributed by atoms with E-state index in [1.807, 2.05) is 6.08 Å². The van der Waals surface area contributed by atoms with Crippen LogP contribution in [0, 0.1) is 0 Å². The Bertz CT molecular complexity index is 1550. The van der Waals surface area contributed by atoms with E-state index in [9.17, 15) is 35.1 Å². The van der Waals surface area contributed by atoms with E-state index in [1.54, 1.807) is 6.08 Å². The number of allylic oxidation sites excluding steroid dienone is 9. The van der Waals surface area contributed by atoms with Crippen molar-refractivity contribution in [3.05, 3.63) is 60.8 Å². The summed E-state index contributed by atoms with van der Waals surface area (Å²) >= 11 is 0. The van der Waals surface area contributed by atoms with Gasteiger partial charge in [0, 0.05) is 6.42 Å². The number of nitrogens with one attached hydrogen (secondary N) is 1. The molecule has 1 amide bonds. The van der Waals surface area contributed by atoms with Crippen molar-refractivity contribution in [2.24, 2.45) is 0 Å². The molecule has 0 aromatic rings. The molecular formula is C70H127NO10. The summed E-state index contributed by atoms with van der Waals surface area (Å²) in [4.78, 5) is 26.6. The quantitative estimate of drug-likeness (QED) is 0.0195. The minimum Gasteiger partial charge on any atom is -0.454 e. The van der Waals surface area contributed by atoms with Gasteiger partial charge in [-0.15, -0.1) is 0 Å². The van der Waals surface area contributed by atoms with E-state index < -0.39 is 67.4 Å². The zero-order valence-electron chi connectivity index (χ0n) is 52.4. The molecule has 0 aliphatic carbocycles. The predicted molar refractivity (Wildman–Crippen MR) is 338 cm³/mol. The van der Waals surface area contributed by atoms with E-state index >= 15 is 0 Å². The molecule has 0 saturated carbocycles. The fourth-order valence-corrected chi connectivity index (χ4v) is 10.5. The summed E-state index contributed by atoms with van der Waals surface area (Å²) in [5.74, 6) is -1.21. The van der Waals surface area contributed by atoms with Gasteiger partial charge in [-0.05, 0) is 89.9 Å². The lowest BCUT2D eigenvalue weighted by molar-refractivity contribution is -0.305. The Hall–Kier alpha value is -2.64. The van der Waals surface area contributed by atoms with E-state index in [1.165, 1.54) is 193 Å². The average Bonchev–Trinajstić information content (AvgIpc) is 3.51. The van der Waals surface area contributed by atoms with E-state index in [-0.39, 0.29) is 19.4 Å². The topological polar surface area (TPSA) is 175 Å². The standard InChI is InChI=1S/C70H127NO10/c1-4-7-10-13-16-19-22-25-26-27-28-29-30-31-32-33-34-35-36-37-38-40-43-46-49-52-55-58-65(75)81-68-67(77)66(76)64(59-72)80-70(68)79-60-61(62(73)56-53-50-47-44-41-24-21-18-15-12-9-6-3)71-69(78)63(74)57-54-51-48-45-42-39-23-20-17-14-11-8-5-2/h16,19,25-26,28-29,42,45,53,56,61-64,66-68,70,72-74,76-77H,4-15,17-18,20-24,27,30-41,43-44,46-52,54-55,57-60H2,1-3H3,(H,71,78)/b19-16-,26-25-,29-28-,45-42-,56-53+. The lowest BCUT2D eigenvalue weighted by atomic mass is 9.99. The van der Waals surface area contributed by atoms with Gasteiger partial charge in [-0.3, -0.25) is 9.59 Å². The van der Waals surface area contributed by atoms with Gasteiger partial charge in [0.05, 0.1) is 25.4 Å². The van der Waals surface area contributed by atoms with Crippen molar-refractivity contribution in [1.29, 1.82) is 0 Å². The van der Waals surface area contributed by atoms with Crippen LogP contribution in [0.1, 0.15) is 310 Å². The van der Waals surface area contributed by atoms with Gasteiger partial charge in [0.25, 0.3) is 0 Å². The third-order valence-electron chi connectivity index (χ3n) is 15.9. The summed E-state index contributed by atoms with van der Waals surface area (Å²) in [6, 6.07) is -1.03. The van der Waals surface area contributed by atoms with Crippen molar-refractivity contribution in [2.45, 2.75) is 359 Å². The van der Waals surface area contributed by atoms with Crippen LogP contribution in [0.3, 0.4) is 0 Å². The highest BCUT2D eigenvalue weighted by molar-refractivity contribution is 5.80. The molecule has 11 nitrogen and oxygen atoms in total. The number of rotatable bonds is 58. The number of aliphatic hydroxyl groups is 5. The van der Waals surface area contributed by atoms with Crippen LogP contribution in [0.4, 0.5) is 0 Å². The summed E-state index contributed by atoms with van der Waals surface area (Å²) in [6.07, 6.45) is 62.7. The Balaban J connectivity index is 2.54. The summed E-state index contributed by atoms with van der Waals surface area (Å²) in [6.45, 7) is 5.76. The molecule has 0 bridgehead atoms. The first-order chi connectivity index (χ1) is 39.7. The predicted octanol–water partition coefficient (Wildman–Crippen LogP) is 17.0. The minimum absolute atomic E-state index is 0.121. The van der Waals surface area contributed by atoms with Gasteiger partial charge in [-0.1, -0.05) is 274 Å². The highest BCUT2D eigenvalue weighted by Gasteiger charge is 2.47. The second-order valence-electron chi connectivity index (χ2n) is 23.6. The first-order valence-electron chi connectivity index (χ1n) is 34.1. The fraction of sp³-hybridized carbons (Fsp3) is 0.829. The number of carbonyl (C=O) groups excluding carboxylic acids is 2. The number of amides is 1. The lowest BCUT2D eigenvalue weighted by Gasteiger charge is -2.41. The van der Waals surface area contributed by atoms with Crippen LogP contribution in [0.15, 0.2) is 60.8 Å². The van der Waals surface area contributed by atoms with Crippen LogP contribution in [0.5, 0.6) is 0 Å². The van der Waals surface area contributed by atoms with Gasteiger partial charge in [0.2, 0.25) is 5.91 Å². The molecule has 8 unspecified atom stereocenters. The first-order valence-corrected chi connectivity index (χ1v) is 34.1. The molecule has 1 saturated heterocycles.